The Balaban J connectivity index is 1.20. The number of benzene rings is 2. The average molecular weight is 472 g/mol. The molecule has 1 saturated heterocycles. The smallest absolute Gasteiger partial charge is 0.243 e. The maximum Gasteiger partial charge on any atom is 0.243 e. The predicted molar refractivity (Wildman–Crippen MR) is 123 cm³/mol. The first kappa shape index (κ1) is 21.5. The van der Waals surface area contributed by atoms with Gasteiger partial charge in [0, 0.05) is 37.5 Å². The Bertz CT molecular complexity index is 1170. The van der Waals surface area contributed by atoms with Gasteiger partial charge in [0.05, 0.1) is 15.8 Å². The number of para-hydroxylation sites is 1. The summed E-state index contributed by atoms with van der Waals surface area (Å²) in [5.41, 5.74) is 3.15. The number of nitrogens with one attached hydrogen (secondary N) is 1. The number of amides is 2. The van der Waals surface area contributed by atoms with E-state index in [1.807, 2.05) is 36.4 Å². The SMILES string of the molecule is O=C1Nc2ccccc2SC1CC(=O)N1CCN(S(=O)(=O)c2ccc3c(c2)CCC3)CC1. The number of fused-ring (bicyclic) bond motifs is 2. The molecule has 168 valence electrons. The van der Waals surface area contributed by atoms with Crippen LogP contribution in [-0.2, 0) is 32.5 Å². The highest BCUT2D eigenvalue weighted by atomic mass is 32.2. The highest BCUT2D eigenvalue weighted by molar-refractivity contribution is 8.01. The number of piperazine rings is 1. The van der Waals surface area contributed by atoms with Gasteiger partial charge in [-0.1, -0.05) is 18.2 Å². The summed E-state index contributed by atoms with van der Waals surface area (Å²) in [6.45, 7) is 1.19. The standard InChI is InChI=1S/C23H25N3O4S2/c27-22(15-21-23(28)24-19-6-1-2-7-20(19)31-21)25-10-12-26(13-11-25)32(29,30)18-9-8-16-4-3-5-17(16)14-18/h1-2,6-9,14,21H,3-5,10-13,15H2,(H,24,28). The monoisotopic (exact) mass is 471 g/mol. The molecule has 5 rings (SSSR count). The van der Waals surface area contributed by atoms with Crippen molar-refractivity contribution in [1.82, 2.24) is 9.21 Å². The Hall–Kier alpha value is -2.36. The van der Waals surface area contributed by atoms with Gasteiger partial charge in [0.1, 0.15) is 0 Å². The van der Waals surface area contributed by atoms with Crippen molar-refractivity contribution >= 4 is 39.3 Å². The minimum absolute atomic E-state index is 0.0996. The summed E-state index contributed by atoms with van der Waals surface area (Å²) < 4.78 is 27.7. The fourth-order valence-corrected chi connectivity index (χ4v) is 7.13. The van der Waals surface area contributed by atoms with Crippen LogP contribution in [0.25, 0.3) is 0 Å². The van der Waals surface area contributed by atoms with Gasteiger partial charge < -0.3 is 10.2 Å². The van der Waals surface area contributed by atoms with Crippen molar-refractivity contribution in [3.8, 4) is 0 Å². The van der Waals surface area contributed by atoms with Crippen molar-refractivity contribution in [3.63, 3.8) is 0 Å². The molecule has 2 aromatic carbocycles. The third-order valence-electron chi connectivity index (χ3n) is 6.37. The topological polar surface area (TPSA) is 86.8 Å². The molecule has 32 heavy (non-hydrogen) atoms. The van der Waals surface area contributed by atoms with Crippen LogP contribution in [0.15, 0.2) is 52.3 Å². The zero-order chi connectivity index (χ0) is 22.3. The number of nitrogens with zero attached hydrogens (tertiary/aromatic N) is 2. The summed E-state index contributed by atoms with van der Waals surface area (Å²) in [5, 5.41) is 2.38. The molecule has 3 aliphatic rings. The number of thioether (sulfide) groups is 1. The number of hydrogen-bond acceptors (Lipinski definition) is 5. The van der Waals surface area contributed by atoms with Gasteiger partial charge >= 0.3 is 0 Å². The molecule has 2 heterocycles. The van der Waals surface area contributed by atoms with Crippen molar-refractivity contribution in [2.24, 2.45) is 0 Å². The lowest BCUT2D eigenvalue weighted by Gasteiger charge is -2.35. The van der Waals surface area contributed by atoms with E-state index in [1.165, 1.54) is 21.6 Å². The Labute approximate surface area is 192 Å². The molecule has 1 aliphatic carbocycles. The largest absolute Gasteiger partial charge is 0.340 e. The van der Waals surface area contributed by atoms with Gasteiger partial charge in [-0.15, -0.1) is 11.8 Å². The third kappa shape index (κ3) is 4.04. The number of anilines is 1. The lowest BCUT2D eigenvalue weighted by Crippen LogP contribution is -2.51. The molecular formula is C23H25N3O4S2. The van der Waals surface area contributed by atoms with Crippen LogP contribution in [0.2, 0.25) is 0 Å². The molecular weight excluding hydrogens is 446 g/mol. The van der Waals surface area contributed by atoms with E-state index in [-0.39, 0.29) is 31.3 Å². The van der Waals surface area contributed by atoms with E-state index in [0.29, 0.717) is 18.0 Å². The minimum atomic E-state index is -3.58. The first-order chi connectivity index (χ1) is 15.4. The quantitative estimate of drug-likeness (QED) is 0.741. The number of carbonyl (C=O) groups is 2. The number of sulfonamides is 1. The summed E-state index contributed by atoms with van der Waals surface area (Å²) in [4.78, 5) is 28.2. The number of aryl methyl sites for hydroxylation is 2. The lowest BCUT2D eigenvalue weighted by molar-refractivity contribution is -0.133. The molecule has 0 saturated carbocycles. The van der Waals surface area contributed by atoms with Crippen LogP contribution in [0.3, 0.4) is 0 Å². The molecule has 2 amide bonds. The summed E-state index contributed by atoms with van der Waals surface area (Å²) in [6.07, 6.45) is 3.11. The van der Waals surface area contributed by atoms with Gasteiger partial charge in [-0.2, -0.15) is 4.31 Å². The molecule has 2 aromatic rings. The third-order valence-corrected chi connectivity index (χ3v) is 9.54. The minimum Gasteiger partial charge on any atom is -0.340 e. The molecule has 7 nitrogen and oxygen atoms in total. The molecule has 2 aliphatic heterocycles. The highest BCUT2D eigenvalue weighted by Crippen LogP contribution is 2.37. The van der Waals surface area contributed by atoms with Crippen LogP contribution in [0, 0.1) is 0 Å². The average Bonchev–Trinajstić information content (AvgIpc) is 3.27. The van der Waals surface area contributed by atoms with Crippen LogP contribution in [0.4, 0.5) is 5.69 Å². The number of hydrogen-bond donors (Lipinski definition) is 1. The fraction of sp³-hybridized carbons (Fsp3) is 0.391. The summed E-state index contributed by atoms with van der Waals surface area (Å²) >= 11 is 1.40. The maximum atomic E-state index is 13.1. The Kier molecular flexibility index (Phi) is 5.73. The number of carbonyl (C=O) groups excluding carboxylic acids is 2. The second-order valence-electron chi connectivity index (χ2n) is 8.36. The molecule has 1 N–H and O–H groups in total. The predicted octanol–water partition coefficient (Wildman–Crippen LogP) is 2.51. The zero-order valence-corrected chi connectivity index (χ0v) is 19.3. The van der Waals surface area contributed by atoms with Gasteiger partial charge in [0.2, 0.25) is 21.8 Å². The van der Waals surface area contributed by atoms with Crippen molar-refractivity contribution in [1.29, 1.82) is 0 Å². The molecule has 0 bridgehead atoms. The van der Waals surface area contributed by atoms with E-state index in [1.54, 1.807) is 11.0 Å². The van der Waals surface area contributed by atoms with E-state index >= 15 is 0 Å². The molecule has 0 aromatic heterocycles. The van der Waals surface area contributed by atoms with Crippen LogP contribution in [0.5, 0.6) is 0 Å². The van der Waals surface area contributed by atoms with Crippen LogP contribution < -0.4 is 5.32 Å². The van der Waals surface area contributed by atoms with Gasteiger partial charge in [0.15, 0.2) is 0 Å². The first-order valence-corrected chi connectivity index (χ1v) is 13.2. The van der Waals surface area contributed by atoms with Gasteiger partial charge in [-0.25, -0.2) is 8.42 Å². The van der Waals surface area contributed by atoms with E-state index in [9.17, 15) is 18.0 Å². The Morgan fingerprint density at radius 3 is 2.59 bits per heavy atom. The lowest BCUT2D eigenvalue weighted by atomic mass is 10.1. The molecule has 0 radical (unpaired) electrons. The summed E-state index contributed by atoms with van der Waals surface area (Å²) in [7, 11) is -3.58. The van der Waals surface area contributed by atoms with Crippen molar-refractivity contribution in [2.75, 3.05) is 31.5 Å². The van der Waals surface area contributed by atoms with E-state index in [0.717, 1.165) is 35.4 Å². The van der Waals surface area contributed by atoms with Gasteiger partial charge in [0.25, 0.3) is 0 Å². The van der Waals surface area contributed by atoms with Crippen LogP contribution in [-0.4, -0.2) is 60.9 Å². The van der Waals surface area contributed by atoms with E-state index < -0.39 is 15.3 Å². The normalized spacial score (nSPS) is 21.1. The second kappa shape index (κ2) is 8.53. The van der Waals surface area contributed by atoms with Crippen molar-refractivity contribution < 1.29 is 18.0 Å². The highest BCUT2D eigenvalue weighted by Gasteiger charge is 2.34. The van der Waals surface area contributed by atoms with Crippen molar-refractivity contribution in [3.05, 3.63) is 53.6 Å². The summed E-state index contributed by atoms with van der Waals surface area (Å²) in [5.74, 6) is -0.286. The van der Waals surface area contributed by atoms with Gasteiger partial charge in [-0.05, 0) is 54.7 Å². The molecule has 1 atom stereocenters. The second-order valence-corrected chi connectivity index (χ2v) is 11.5. The van der Waals surface area contributed by atoms with Gasteiger partial charge in [-0.3, -0.25) is 9.59 Å². The van der Waals surface area contributed by atoms with Crippen molar-refractivity contribution in [2.45, 2.75) is 40.7 Å². The number of rotatable bonds is 4. The molecule has 1 fully saturated rings. The zero-order valence-electron chi connectivity index (χ0n) is 17.6. The molecule has 9 heteroatoms. The van der Waals surface area contributed by atoms with E-state index in [4.69, 9.17) is 0 Å². The van der Waals surface area contributed by atoms with E-state index in [2.05, 4.69) is 5.32 Å². The van der Waals surface area contributed by atoms with Crippen LogP contribution in [0.1, 0.15) is 24.0 Å². The Morgan fingerprint density at radius 1 is 1.03 bits per heavy atom. The van der Waals surface area contributed by atoms with Crippen LogP contribution >= 0.6 is 11.8 Å². The maximum absolute atomic E-state index is 13.1. The first-order valence-electron chi connectivity index (χ1n) is 10.9. The summed E-state index contributed by atoms with van der Waals surface area (Å²) in [6, 6.07) is 13.0. The fourth-order valence-electron chi connectivity index (χ4n) is 4.55. The molecule has 1 unspecified atom stereocenters. The Morgan fingerprint density at radius 2 is 1.78 bits per heavy atom. The molecule has 0 spiro atoms.